The van der Waals surface area contributed by atoms with E-state index >= 15 is 0 Å². The molecule has 0 spiro atoms. The Balaban J connectivity index is -0.0000000917. The second kappa shape index (κ2) is 37.1. The topological polar surface area (TPSA) is 304 Å². The molecule has 0 saturated heterocycles. The van der Waals surface area contributed by atoms with Crippen molar-refractivity contribution in [2.45, 2.75) is 115 Å². The van der Waals surface area contributed by atoms with Crippen molar-refractivity contribution in [3.63, 3.8) is 0 Å². The third-order valence-electron chi connectivity index (χ3n) is 4.11. The minimum Gasteiger partial charge on any atom is -0.479 e. The van der Waals surface area contributed by atoms with Gasteiger partial charge in [-0.1, -0.05) is 37.1 Å². The lowest BCUT2D eigenvalue weighted by Crippen LogP contribution is -2.28. The standard InChI is InChI=1S/C12H18O9.C10H14O8.C2H6O2.5CH4/c1-7(11(16)17)20-9(14)3-4-10(15)21-8(2)12(18)19-6-5-13;1-5(9(13)14)17-7(11)3-4-8(12)18-6(2)10(15)16;3-1-2-4;;;;;/h7-8,13H,3-6H2,1-2H3,(H,16,17);5-6H,3-4H2,1-2H3,(H,13,14)(H,15,16);3-4H,1-2H2;5*1H4. The first kappa shape index (κ1) is 62.5. The van der Waals surface area contributed by atoms with Crippen LogP contribution in [0.25, 0.3) is 0 Å². The molecular weight excluding hydrogens is 652 g/mol. The molecular formula is C29H58O19. The van der Waals surface area contributed by atoms with Gasteiger partial charge in [-0.3, -0.25) is 19.2 Å². The molecule has 0 aliphatic carbocycles. The second-order valence-corrected chi connectivity index (χ2v) is 7.88. The van der Waals surface area contributed by atoms with E-state index in [0.29, 0.717) is 0 Å². The summed E-state index contributed by atoms with van der Waals surface area (Å²) in [5, 5.41) is 49.1. The minimum atomic E-state index is -1.30. The van der Waals surface area contributed by atoms with E-state index in [0.717, 1.165) is 0 Å². The first-order valence-corrected chi connectivity index (χ1v) is 12.4. The van der Waals surface area contributed by atoms with E-state index < -0.39 is 72.2 Å². The van der Waals surface area contributed by atoms with Crippen molar-refractivity contribution in [1.82, 2.24) is 0 Å². The highest BCUT2D eigenvalue weighted by Crippen LogP contribution is 2.04. The number of carboxylic acid groups (broad SMARTS) is 3. The average molecular weight is 711 g/mol. The summed E-state index contributed by atoms with van der Waals surface area (Å²) in [6.45, 7) is 4.00. The summed E-state index contributed by atoms with van der Waals surface area (Å²) in [5.41, 5.74) is 0. The van der Waals surface area contributed by atoms with Crippen molar-refractivity contribution in [2.24, 2.45) is 0 Å². The molecule has 288 valence electrons. The molecule has 19 nitrogen and oxygen atoms in total. The molecule has 0 aromatic rings. The highest BCUT2D eigenvalue weighted by molar-refractivity contribution is 5.83. The number of rotatable bonds is 17. The van der Waals surface area contributed by atoms with Gasteiger partial charge in [0, 0.05) is 0 Å². The largest absolute Gasteiger partial charge is 0.479 e. The third-order valence-corrected chi connectivity index (χ3v) is 4.11. The van der Waals surface area contributed by atoms with Crippen LogP contribution in [0.3, 0.4) is 0 Å². The van der Waals surface area contributed by atoms with Crippen molar-refractivity contribution in [1.29, 1.82) is 0 Å². The van der Waals surface area contributed by atoms with Gasteiger partial charge in [-0.05, 0) is 27.7 Å². The van der Waals surface area contributed by atoms with Crippen LogP contribution in [0.15, 0.2) is 0 Å². The molecule has 0 radical (unpaired) electrons. The number of hydrogen-bond acceptors (Lipinski definition) is 16. The molecule has 0 bridgehead atoms. The molecule has 0 rings (SSSR count). The Morgan fingerprint density at radius 2 is 0.667 bits per heavy atom. The van der Waals surface area contributed by atoms with Gasteiger partial charge >= 0.3 is 47.8 Å². The lowest BCUT2D eigenvalue weighted by atomic mass is 10.3. The zero-order valence-electron chi connectivity index (χ0n) is 24.0. The van der Waals surface area contributed by atoms with Gasteiger partial charge in [0.05, 0.1) is 45.5 Å². The van der Waals surface area contributed by atoms with Gasteiger partial charge in [-0.2, -0.15) is 0 Å². The summed E-state index contributed by atoms with van der Waals surface area (Å²) in [6.07, 6.45) is -6.54. The third kappa shape index (κ3) is 37.8. The van der Waals surface area contributed by atoms with E-state index in [1.807, 2.05) is 0 Å². The fourth-order valence-electron chi connectivity index (χ4n) is 1.90. The van der Waals surface area contributed by atoms with Gasteiger partial charge in [0.1, 0.15) is 6.61 Å². The molecule has 0 amide bonds. The maximum Gasteiger partial charge on any atom is 0.347 e. The number of aliphatic carboxylic acids is 3. The predicted molar refractivity (Wildman–Crippen MR) is 169 cm³/mol. The normalized spacial score (nSPS) is 11.2. The summed E-state index contributed by atoms with van der Waals surface area (Å²) in [5.74, 6) is -8.16. The number of aliphatic hydroxyl groups excluding tert-OH is 3. The highest BCUT2D eigenvalue weighted by Gasteiger charge is 2.22. The van der Waals surface area contributed by atoms with Crippen LogP contribution in [0.1, 0.15) is 90.5 Å². The maximum atomic E-state index is 11.4. The Hall–Kier alpha value is -4.36. The maximum absolute atomic E-state index is 11.4. The van der Waals surface area contributed by atoms with Crippen molar-refractivity contribution >= 4 is 47.8 Å². The monoisotopic (exact) mass is 710 g/mol. The van der Waals surface area contributed by atoms with Gasteiger partial charge in [0.2, 0.25) is 0 Å². The Kier molecular flexibility index (Phi) is 48.3. The van der Waals surface area contributed by atoms with E-state index in [1.54, 1.807) is 0 Å². The van der Waals surface area contributed by atoms with E-state index in [-0.39, 0.29) is 89.2 Å². The first-order chi connectivity index (χ1) is 19.9. The molecule has 0 heterocycles. The van der Waals surface area contributed by atoms with Crippen molar-refractivity contribution in [3.8, 4) is 0 Å². The van der Waals surface area contributed by atoms with Crippen LogP contribution in [0.5, 0.6) is 0 Å². The summed E-state index contributed by atoms with van der Waals surface area (Å²) in [6, 6.07) is 0. The number of hydrogen-bond donors (Lipinski definition) is 6. The Morgan fingerprint density at radius 3 is 0.854 bits per heavy atom. The minimum absolute atomic E-state index is 0. The predicted octanol–water partition coefficient (Wildman–Crippen LogP) is 1.20. The lowest BCUT2D eigenvalue weighted by Gasteiger charge is -2.12. The van der Waals surface area contributed by atoms with Crippen LogP contribution in [0.4, 0.5) is 0 Å². The number of carbonyl (C=O) groups excluding carboxylic acids is 5. The van der Waals surface area contributed by atoms with E-state index in [1.165, 1.54) is 27.7 Å². The average Bonchev–Trinajstić information content (AvgIpc) is 2.93. The molecule has 19 heteroatoms. The van der Waals surface area contributed by atoms with Crippen LogP contribution in [0.2, 0.25) is 0 Å². The molecule has 0 aromatic heterocycles. The van der Waals surface area contributed by atoms with Crippen LogP contribution in [0, 0.1) is 0 Å². The Morgan fingerprint density at radius 1 is 0.438 bits per heavy atom. The molecule has 4 atom stereocenters. The summed E-state index contributed by atoms with van der Waals surface area (Å²) >= 11 is 0. The van der Waals surface area contributed by atoms with E-state index in [4.69, 9.17) is 35.4 Å². The van der Waals surface area contributed by atoms with Gasteiger partial charge < -0.3 is 54.3 Å². The van der Waals surface area contributed by atoms with Gasteiger partial charge in [-0.15, -0.1) is 0 Å². The number of carbonyl (C=O) groups is 8. The van der Waals surface area contributed by atoms with Gasteiger partial charge in [-0.25, -0.2) is 19.2 Å². The Bertz CT molecular complexity index is 882. The molecule has 0 aliphatic rings. The second-order valence-electron chi connectivity index (χ2n) is 7.88. The zero-order chi connectivity index (χ0) is 34.1. The summed E-state index contributed by atoms with van der Waals surface area (Å²) in [7, 11) is 0. The molecule has 0 fully saturated rings. The van der Waals surface area contributed by atoms with Crippen molar-refractivity contribution in [2.75, 3.05) is 26.4 Å². The van der Waals surface area contributed by atoms with Crippen LogP contribution in [-0.4, -0.2) is 129 Å². The number of esters is 5. The first-order valence-electron chi connectivity index (χ1n) is 12.4. The number of aliphatic hydroxyl groups is 3. The van der Waals surface area contributed by atoms with Crippen LogP contribution < -0.4 is 0 Å². The highest BCUT2D eigenvalue weighted by atomic mass is 16.6. The number of ether oxygens (including phenoxy) is 5. The quantitative estimate of drug-likeness (QED) is 0.0912. The van der Waals surface area contributed by atoms with Crippen molar-refractivity contribution < 1.29 is 92.7 Å². The summed E-state index contributed by atoms with van der Waals surface area (Å²) in [4.78, 5) is 87.1. The molecule has 0 saturated carbocycles. The Labute approximate surface area is 282 Å². The molecule has 0 aliphatic heterocycles. The summed E-state index contributed by atoms with van der Waals surface area (Å²) < 4.78 is 22.6. The van der Waals surface area contributed by atoms with Gasteiger partial charge in [0.25, 0.3) is 0 Å². The smallest absolute Gasteiger partial charge is 0.347 e. The lowest BCUT2D eigenvalue weighted by molar-refractivity contribution is -0.169. The van der Waals surface area contributed by atoms with Crippen LogP contribution >= 0.6 is 0 Å². The molecule has 0 aromatic carbocycles. The van der Waals surface area contributed by atoms with E-state index in [9.17, 15) is 38.4 Å². The number of carboxylic acids is 3. The van der Waals surface area contributed by atoms with Gasteiger partial charge in [0.15, 0.2) is 24.4 Å². The fourth-order valence-corrected chi connectivity index (χ4v) is 1.90. The zero-order valence-corrected chi connectivity index (χ0v) is 24.0. The van der Waals surface area contributed by atoms with Crippen LogP contribution in [-0.2, 0) is 62.0 Å². The molecule has 6 N–H and O–H groups in total. The fraction of sp³-hybridized carbons (Fsp3) is 0.724. The van der Waals surface area contributed by atoms with E-state index in [2.05, 4.69) is 18.9 Å². The van der Waals surface area contributed by atoms with Crippen molar-refractivity contribution in [3.05, 3.63) is 0 Å². The molecule has 48 heavy (non-hydrogen) atoms. The molecule has 4 unspecified atom stereocenters. The SMILES string of the molecule is C.C.C.C.C.CC(OC(=O)CCC(=O)OC(C)C(=O)O)C(=O)O.CC(OC(=O)CCC(=O)OC(C)C(=O)OCCO)C(=O)O.OCCO.